The van der Waals surface area contributed by atoms with Gasteiger partial charge in [-0.25, -0.2) is 0 Å². The molecule has 0 saturated heterocycles. The Hall–Kier alpha value is -0.980. The summed E-state index contributed by atoms with van der Waals surface area (Å²) in [5.74, 6) is 1.86. The lowest BCUT2D eigenvalue weighted by atomic mass is 9.65. The van der Waals surface area contributed by atoms with E-state index >= 15 is 0 Å². The molecule has 0 aliphatic heterocycles. The second kappa shape index (κ2) is 3.28. The summed E-state index contributed by atoms with van der Waals surface area (Å²) in [5.41, 5.74) is 1.95. The first kappa shape index (κ1) is 11.1. The topological polar surface area (TPSA) is 20.2 Å². The fourth-order valence-corrected chi connectivity index (χ4v) is 4.46. The Morgan fingerprint density at radius 1 is 1.18 bits per heavy atom. The first-order valence-electron chi connectivity index (χ1n) is 6.75. The molecule has 2 bridgehead atoms. The highest BCUT2D eigenvalue weighted by molar-refractivity contribution is 5.38. The van der Waals surface area contributed by atoms with E-state index in [9.17, 15) is 5.11 Å². The van der Waals surface area contributed by atoms with Gasteiger partial charge in [-0.3, -0.25) is 0 Å². The Kier molecular flexibility index (Phi) is 2.14. The van der Waals surface area contributed by atoms with Gasteiger partial charge in [0.15, 0.2) is 0 Å². The lowest BCUT2D eigenvalue weighted by Gasteiger charge is -2.39. The number of fused-ring (bicyclic) bond motifs is 2. The minimum Gasteiger partial charge on any atom is -0.508 e. The van der Waals surface area contributed by atoms with E-state index in [2.05, 4.69) is 32.9 Å². The predicted octanol–water partition coefficient (Wildman–Crippen LogP) is 4.32. The highest BCUT2D eigenvalue weighted by Crippen LogP contribution is 2.71. The van der Waals surface area contributed by atoms with Gasteiger partial charge in [-0.1, -0.05) is 39.0 Å². The maximum Gasteiger partial charge on any atom is 0.119 e. The van der Waals surface area contributed by atoms with E-state index in [0.29, 0.717) is 22.5 Å². The molecular weight excluding hydrogens is 208 g/mol. The third kappa shape index (κ3) is 1.26. The number of aromatic hydroxyl groups is 1. The number of benzene rings is 1. The number of hydrogen-bond donors (Lipinski definition) is 1. The molecule has 3 rings (SSSR count). The number of phenols is 1. The van der Waals surface area contributed by atoms with E-state index in [-0.39, 0.29) is 0 Å². The van der Waals surface area contributed by atoms with Gasteiger partial charge in [0, 0.05) is 0 Å². The van der Waals surface area contributed by atoms with Crippen molar-refractivity contribution >= 4 is 0 Å². The van der Waals surface area contributed by atoms with Gasteiger partial charge in [0.05, 0.1) is 0 Å². The third-order valence-electron chi connectivity index (χ3n) is 6.11. The van der Waals surface area contributed by atoms with Gasteiger partial charge in [0.25, 0.3) is 0 Å². The van der Waals surface area contributed by atoms with Crippen LogP contribution in [-0.2, 0) is 0 Å². The number of rotatable bonds is 1. The van der Waals surface area contributed by atoms with Crippen molar-refractivity contribution in [3.05, 3.63) is 29.8 Å². The summed E-state index contributed by atoms with van der Waals surface area (Å²) in [6.07, 6.45) is 3.93. The molecule has 3 atom stereocenters. The summed E-state index contributed by atoms with van der Waals surface area (Å²) in [6.45, 7) is 7.27. The molecule has 2 aliphatic rings. The number of hydrogen-bond acceptors (Lipinski definition) is 1. The predicted molar refractivity (Wildman–Crippen MR) is 70.1 cm³/mol. The fourth-order valence-electron chi connectivity index (χ4n) is 4.46. The Bertz CT molecular complexity index is 449. The van der Waals surface area contributed by atoms with Crippen LogP contribution >= 0.6 is 0 Å². The monoisotopic (exact) mass is 230 g/mol. The van der Waals surface area contributed by atoms with Crippen molar-refractivity contribution in [2.45, 2.75) is 46.0 Å². The standard InChI is InChI=1S/C16H22O/c1-15(2)11-8-9-16(15,3)13(10-11)12-6-4-5-7-14(12)17/h4-7,11,13,17H,8-10H2,1-3H3/t11-,13-,16-/m0/s1. The minimum atomic E-state index is 0.358. The minimum absolute atomic E-state index is 0.358. The Balaban J connectivity index is 2.06. The zero-order valence-electron chi connectivity index (χ0n) is 11.0. The number of phenolic OH excluding ortho intramolecular Hbond substituents is 1. The molecular formula is C16H22O. The first-order valence-corrected chi connectivity index (χ1v) is 6.75. The summed E-state index contributed by atoms with van der Waals surface area (Å²) in [5, 5.41) is 10.1. The van der Waals surface area contributed by atoms with Crippen LogP contribution < -0.4 is 0 Å². The van der Waals surface area contributed by atoms with Crippen LogP contribution in [0.5, 0.6) is 5.75 Å². The molecule has 0 aromatic heterocycles. The van der Waals surface area contributed by atoms with Gasteiger partial charge < -0.3 is 5.11 Å². The lowest BCUT2D eigenvalue weighted by molar-refractivity contribution is 0.133. The summed E-state index contributed by atoms with van der Waals surface area (Å²) in [4.78, 5) is 0. The largest absolute Gasteiger partial charge is 0.508 e. The first-order chi connectivity index (χ1) is 7.97. The summed E-state index contributed by atoms with van der Waals surface area (Å²) in [7, 11) is 0. The van der Waals surface area contributed by atoms with E-state index < -0.39 is 0 Å². The van der Waals surface area contributed by atoms with E-state index in [0.717, 1.165) is 5.92 Å². The van der Waals surface area contributed by atoms with Gasteiger partial charge >= 0.3 is 0 Å². The van der Waals surface area contributed by atoms with Crippen molar-refractivity contribution in [1.29, 1.82) is 0 Å². The molecule has 1 nitrogen and oxygen atoms in total. The second-order valence-corrected chi connectivity index (χ2v) is 6.72. The van der Waals surface area contributed by atoms with Crippen LogP contribution in [0, 0.1) is 16.7 Å². The summed E-state index contributed by atoms with van der Waals surface area (Å²) < 4.78 is 0. The molecule has 1 heteroatoms. The molecule has 0 amide bonds. The van der Waals surface area contributed by atoms with Gasteiger partial charge in [-0.05, 0) is 53.6 Å². The SMILES string of the molecule is CC1(C)[C@H]2CC[C@@]1(C)[C@H](c1ccccc1O)C2. The van der Waals surface area contributed by atoms with Crippen molar-refractivity contribution < 1.29 is 5.11 Å². The Morgan fingerprint density at radius 3 is 2.41 bits per heavy atom. The van der Waals surface area contributed by atoms with Gasteiger partial charge in [-0.15, -0.1) is 0 Å². The molecule has 2 saturated carbocycles. The zero-order valence-corrected chi connectivity index (χ0v) is 11.0. The van der Waals surface area contributed by atoms with Crippen molar-refractivity contribution in [3.63, 3.8) is 0 Å². The molecule has 1 aromatic carbocycles. The Morgan fingerprint density at radius 2 is 1.88 bits per heavy atom. The van der Waals surface area contributed by atoms with Crippen LogP contribution in [0.2, 0.25) is 0 Å². The van der Waals surface area contributed by atoms with Crippen LogP contribution in [0.3, 0.4) is 0 Å². The van der Waals surface area contributed by atoms with E-state index in [4.69, 9.17) is 0 Å². The van der Waals surface area contributed by atoms with Crippen LogP contribution in [0.25, 0.3) is 0 Å². The molecule has 2 fully saturated rings. The summed E-state index contributed by atoms with van der Waals surface area (Å²) >= 11 is 0. The van der Waals surface area contributed by atoms with E-state index in [1.807, 2.05) is 12.1 Å². The third-order valence-corrected chi connectivity index (χ3v) is 6.11. The molecule has 92 valence electrons. The van der Waals surface area contributed by atoms with Crippen molar-refractivity contribution in [1.82, 2.24) is 0 Å². The molecule has 1 N–H and O–H groups in total. The highest BCUT2D eigenvalue weighted by Gasteiger charge is 2.61. The van der Waals surface area contributed by atoms with Gasteiger partial charge in [0.1, 0.15) is 5.75 Å². The van der Waals surface area contributed by atoms with Crippen LogP contribution in [-0.4, -0.2) is 5.11 Å². The molecule has 1 aromatic rings. The maximum absolute atomic E-state index is 10.1. The van der Waals surface area contributed by atoms with Gasteiger partial charge in [-0.2, -0.15) is 0 Å². The average molecular weight is 230 g/mol. The highest BCUT2D eigenvalue weighted by atomic mass is 16.3. The quantitative estimate of drug-likeness (QED) is 0.761. The maximum atomic E-state index is 10.1. The van der Waals surface area contributed by atoms with Crippen LogP contribution in [0.15, 0.2) is 24.3 Å². The molecule has 0 heterocycles. The fraction of sp³-hybridized carbons (Fsp3) is 0.625. The van der Waals surface area contributed by atoms with Crippen molar-refractivity contribution in [2.24, 2.45) is 16.7 Å². The summed E-state index contributed by atoms with van der Waals surface area (Å²) in [6, 6.07) is 7.91. The van der Waals surface area contributed by atoms with Crippen molar-refractivity contribution in [2.75, 3.05) is 0 Å². The average Bonchev–Trinajstić information content (AvgIpc) is 2.62. The normalized spacial score (nSPS) is 38.5. The zero-order chi connectivity index (χ0) is 12.3. The van der Waals surface area contributed by atoms with Crippen molar-refractivity contribution in [3.8, 4) is 5.75 Å². The van der Waals surface area contributed by atoms with E-state index in [1.54, 1.807) is 0 Å². The van der Waals surface area contributed by atoms with Gasteiger partial charge in [0.2, 0.25) is 0 Å². The molecule has 2 aliphatic carbocycles. The van der Waals surface area contributed by atoms with Crippen LogP contribution in [0.4, 0.5) is 0 Å². The smallest absolute Gasteiger partial charge is 0.119 e. The number of para-hydroxylation sites is 1. The van der Waals surface area contributed by atoms with E-state index in [1.165, 1.54) is 24.8 Å². The molecule has 0 unspecified atom stereocenters. The molecule has 17 heavy (non-hydrogen) atoms. The molecule has 0 radical (unpaired) electrons. The lowest BCUT2D eigenvalue weighted by Crippen LogP contribution is -2.31. The van der Waals surface area contributed by atoms with Crippen LogP contribution in [0.1, 0.15) is 51.5 Å². The molecule has 0 spiro atoms. The Labute approximate surface area is 104 Å². The second-order valence-electron chi connectivity index (χ2n) is 6.72.